The van der Waals surface area contributed by atoms with Crippen LogP contribution in [0.1, 0.15) is 24.2 Å². The Labute approximate surface area is 156 Å². The minimum Gasteiger partial charge on any atom is -0.478 e. The Hall–Kier alpha value is -3.34. The van der Waals surface area contributed by atoms with Gasteiger partial charge in [-0.05, 0) is 50.2 Å². The molecule has 0 spiro atoms. The number of pyridine rings is 1. The van der Waals surface area contributed by atoms with Crippen molar-refractivity contribution in [2.45, 2.75) is 19.9 Å². The molecule has 4 aromatic rings. The summed E-state index contributed by atoms with van der Waals surface area (Å²) in [6.45, 7) is 4.20. The minimum atomic E-state index is -0.947. The van der Waals surface area contributed by atoms with Gasteiger partial charge < -0.3 is 14.4 Å². The van der Waals surface area contributed by atoms with Gasteiger partial charge in [0.05, 0.1) is 16.8 Å². The van der Waals surface area contributed by atoms with Crippen LogP contribution in [0.5, 0.6) is 0 Å². The Morgan fingerprint density at radius 3 is 2.56 bits per heavy atom. The van der Waals surface area contributed by atoms with Gasteiger partial charge in [-0.15, -0.1) is 0 Å². The molecule has 4 rings (SSSR count). The first-order chi connectivity index (χ1) is 12.9. The van der Waals surface area contributed by atoms with Crippen molar-refractivity contribution in [1.82, 2.24) is 4.98 Å². The van der Waals surface area contributed by atoms with Gasteiger partial charge in [0.25, 0.3) is 0 Å². The van der Waals surface area contributed by atoms with E-state index < -0.39 is 5.97 Å². The van der Waals surface area contributed by atoms with E-state index in [1.807, 2.05) is 43.4 Å². The third kappa shape index (κ3) is 3.01. The summed E-state index contributed by atoms with van der Waals surface area (Å²) in [6, 6.07) is 17.1. The van der Waals surface area contributed by atoms with Crippen LogP contribution in [0.15, 0.2) is 59.0 Å². The number of carbonyl (C=O) groups is 1. The number of carboxylic acid groups (broad SMARTS) is 1. The molecule has 2 aromatic carbocycles. The fourth-order valence-electron chi connectivity index (χ4n) is 3.13. The van der Waals surface area contributed by atoms with Crippen molar-refractivity contribution in [3.63, 3.8) is 0 Å². The molecule has 0 bridgehead atoms. The summed E-state index contributed by atoms with van der Waals surface area (Å²) in [4.78, 5) is 18.2. The Kier molecular flexibility index (Phi) is 4.07. The number of hydrogen-bond acceptors (Lipinski definition) is 4. The number of para-hydroxylation sites is 1. The number of nitrogens with zero attached hydrogens (tertiary/aromatic N) is 2. The highest BCUT2D eigenvalue weighted by molar-refractivity contribution is 5.96. The topological polar surface area (TPSA) is 66.6 Å². The number of fused-ring (bicyclic) bond motifs is 2. The molecule has 5 nitrogen and oxygen atoms in total. The zero-order chi connectivity index (χ0) is 19.1. The summed E-state index contributed by atoms with van der Waals surface area (Å²) in [5, 5.41) is 11.1. The van der Waals surface area contributed by atoms with Crippen LogP contribution in [0, 0.1) is 0 Å². The minimum absolute atomic E-state index is 0.245. The lowest BCUT2D eigenvalue weighted by Crippen LogP contribution is -2.26. The maximum Gasteiger partial charge on any atom is 0.335 e. The lowest BCUT2D eigenvalue weighted by atomic mass is 10.1. The highest BCUT2D eigenvalue weighted by Gasteiger charge is 2.19. The fourth-order valence-corrected chi connectivity index (χ4v) is 3.13. The monoisotopic (exact) mass is 360 g/mol. The van der Waals surface area contributed by atoms with Crippen molar-refractivity contribution < 1.29 is 14.3 Å². The van der Waals surface area contributed by atoms with Crippen LogP contribution in [-0.2, 0) is 0 Å². The molecule has 0 aliphatic carbocycles. The summed E-state index contributed by atoms with van der Waals surface area (Å²) in [5.74, 6) is -0.250. The van der Waals surface area contributed by atoms with E-state index in [-0.39, 0.29) is 11.6 Å². The molecule has 0 amide bonds. The highest BCUT2D eigenvalue weighted by Crippen LogP contribution is 2.36. The van der Waals surface area contributed by atoms with Gasteiger partial charge in [-0.2, -0.15) is 0 Å². The summed E-state index contributed by atoms with van der Waals surface area (Å²) in [7, 11) is 2.00. The largest absolute Gasteiger partial charge is 0.478 e. The van der Waals surface area contributed by atoms with Crippen molar-refractivity contribution >= 4 is 33.5 Å². The SMILES string of the molecule is CC(C)N(C)c1cc2cc(C(=O)O)ccc2nc1-c1cc2ccccc2o1. The molecule has 0 unspecified atom stereocenters. The first-order valence-corrected chi connectivity index (χ1v) is 8.84. The summed E-state index contributed by atoms with van der Waals surface area (Å²) in [5.41, 5.74) is 3.45. The van der Waals surface area contributed by atoms with Crippen molar-refractivity contribution in [3.8, 4) is 11.5 Å². The van der Waals surface area contributed by atoms with Crippen molar-refractivity contribution in [1.29, 1.82) is 0 Å². The van der Waals surface area contributed by atoms with E-state index in [0.717, 1.165) is 33.3 Å². The zero-order valence-electron chi connectivity index (χ0n) is 15.4. The molecule has 0 aliphatic heterocycles. The van der Waals surface area contributed by atoms with E-state index >= 15 is 0 Å². The molecule has 0 atom stereocenters. The lowest BCUT2D eigenvalue weighted by Gasteiger charge is -2.25. The van der Waals surface area contributed by atoms with Crippen LogP contribution in [0.3, 0.4) is 0 Å². The second-order valence-corrected chi connectivity index (χ2v) is 6.92. The number of hydrogen-bond donors (Lipinski definition) is 1. The van der Waals surface area contributed by atoms with Gasteiger partial charge in [-0.3, -0.25) is 0 Å². The number of furan rings is 1. The number of rotatable bonds is 4. The molecule has 0 aliphatic rings. The number of aromatic nitrogens is 1. The average Bonchev–Trinajstić information content (AvgIpc) is 3.09. The molecule has 5 heteroatoms. The first kappa shape index (κ1) is 17.1. The maximum absolute atomic E-state index is 11.3. The van der Waals surface area contributed by atoms with Crippen LogP contribution in [-0.4, -0.2) is 29.1 Å². The van der Waals surface area contributed by atoms with E-state index in [4.69, 9.17) is 9.40 Å². The number of anilines is 1. The van der Waals surface area contributed by atoms with Crippen LogP contribution in [0.4, 0.5) is 5.69 Å². The van der Waals surface area contributed by atoms with Crippen LogP contribution in [0.25, 0.3) is 33.3 Å². The Bertz CT molecular complexity index is 1130. The molecule has 0 fully saturated rings. The second kappa shape index (κ2) is 6.43. The predicted octanol–water partition coefficient (Wildman–Crippen LogP) is 5.19. The van der Waals surface area contributed by atoms with Gasteiger partial charge in [0.15, 0.2) is 5.76 Å². The first-order valence-electron chi connectivity index (χ1n) is 8.84. The predicted molar refractivity (Wildman–Crippen MR) is 107 cm³/mol. The van der Waals surface area contributed by atoms with Gasteiger partial charge in [0.1, 0.15) is 11.3 Å². The maximum atomic E-state index is 11.3. The smallest absolute Gasteiger partial charge is 0.335 e. The van der Waals surface area contributed by atoms with Crippen LogP contribution in [0.2, 0.25) is 0 Å². The Balaban J connectivity index is 1.97. The van der Waals surface area contributed by atoms with Crippen molar-refractivity contribution in [2.24, 2.45) is 0 Å². The Morgan fingerprint density at radius 1 is 1.07 bits per heavy atom. The third-order valence-electron chi connectivity index (χ3n) is 4.86. The molecular weight excluding hydrogens is 340 g/mol. The molecule has 0 saturated heterocycles. The summed E-state index contributed by atoms with van der Waals surface area (Å²) in [6.07, 6.45) is 0. The molecule has 2 heterocycles. The Morgan fingerprint density at radius 2 is 1.85 bits per heavy atom. The summed E-state index contributed by atoms with van der Waals surface area (Å²) >= 11 is 0. The van der Waals surface area contributed by atoms with Gasteiger partial charge in [0.2, 0.25) is 0 Å². The van der Waals surface area contributed by atoms with E-state index in [2.05, 4.69) is 18.7 Å². The van der Waals surface area contributed by atoms with Gasteiger partial charge in [0, 0.05) is 23.9 Å². The van der Waals surface area contributed by atoms with Crippen LogP contribution < -0.4 is 4.90 Å². The number of aromatic carboxylic acids is 1. The molecule has 0 radical (unpaired) electrons. The zero-order valence-corrected chi connectivity index (χ0v) is 15.4. The van der Waals surface area contributed by atoms with E-state index in [1.54, 1.807) is 18.2 Å². The molecular formula is C22H20N2O3. The molecule has 2 aromatic heterocycles. The normalized spacial score (nSPS) is 11.4. The van der Waals surface area contributed by atoms with E-state index in [9.17, 15) is 9.90 Å². The number of carboxylic acids is 1. The van der Waals surface area contributed by atoms with Gasteiger partial charge in [-0.25, -0.2) is 9.78 Å². The van der Waals surface area contributed by atoms with E-state index in [1.165, 1.54) is 0 Å². The van der Waals surface area contributed by atoms with Gasteiger partial charge >= 0.3 is 5.97 Å². The highest BCUT2D eigenvalue weighted by atomic mass is 16.4. The molecule has 1 N–H and O–H groups in total. The van der Waals surface area contributed by atoms with Crippen LogP contribution >= 0.6 is 0 Å². The van der Waals surface area contributed by atoms with Crippen molar-refractivity contribution in [2.75, 3.05) is 11.9 Å². The number of benzene rings is 2. The fraction of sp³-hybridized carbons (Fsp3) is 0.182. The third-order valence-corrected chi connectivity index (χ3v) is 4.86. The standard InChI is InChI=1S/C22H20N2O3/c1-13(2)24(3)18-11-16-10-15(22(25)26)8-9-17(16)23-21(18)20-12-14-6-4-5-7-19(14)27-20/h4-13H,1-3H3,(H,25,26). The second-order valence-electron chi connectivity index (χ2n) is 6.92. The molecule has 0 saturated carbocycles. The van der Waals surface area contributed by atoms with Gasteiger partial charge in [-0.1, -0.05) is 18.2 Å². The van der Waals surface area contributed by atoms with Crippen molar-refractivity contribution in [3.05, 3.63) is 60.2 Å². The van der Waals surface area contributed by atoms with E-state index in [0.29, 0.717) is 5.76 Å². The summed E-state index contributed by atoms with van der Waals surface area (Å²) < 4.78 is 6.05. The average molecular weight is 360 g/mol. The quantitative estimate of drug-likeness (QED) is 0.542. The lowest BCUT2D eigenvalue weighted by molar-refractivity contribution is 0.0697. The molecule has 136 valence electrons. The molecule has 27 heavy (non-hydrogen) atoms.